The third kappa shape index (κ3) is 5.35. The molecule has 0 saturated carbocycles. The maximum Gasteiger partial charge on any atom is 0.303 e. The number of aryl methyl sites for hydroxylation is 1. The van der Waals surface area contributed by atoms with E-state index in [1.54, 1.807) is 26.0 Å². The summed E-state index contributed by atoms with van der Waals surface area (Å²) < 4.78 is 27.3. The number of carbonyl (C=O) groups excluding carboxylic acids is 3. The summed E-state index contributed by atoms with van der Waals surface area (Å²) in [4.78, 5) is 34.7. The number of carbonyl (C=O) groups is 3. The van der Waals surface area contributed by atoms with Gasteiger partial charge in [0.1, 0.15) is 0 Å². The van der Waals surface area contributed by atoms with E-state index in [0.717, 1.165) is 5.56 Å². The highest BCUT2D eigenvalue weighted by atomic mass is 16.7. The summed E-state index contributed by atoms with van der Waals surface area (Å²) in [7, 11) is 0. The molecule has 0 aliphatic carbocycles. The fraction of sp³-hybridized carbons (Fsp3) is 0.526. The van der Waals surface area contributed by atoms with Crippen molar-refractivity contribution in [2.75, 3.05) is 0 Å². The van der Waals surface area contributed by atoms with Gasteiger partial charge < -0.3 is 28.8 Å². The number of phenols is 1. The molecule has 154 valence electrons. The number of hydrogen-bond acceptors (Lipinski definition) is 9. The summed E-state index contributed by atoms with van der Waals surface area (Å²) in [5, 5.41) is 10.0. The zero-order valence-corrected chi connectivity index (χ0v) is 16.3. The summed E-state index contributed by atoms with van der Waals surface area (Å²) in [6.07, 6.45) is -5.38. The molecule has 1 aliphatic heterocycles. The lowest BCUT2D eigenvalue weighted by Crippen LogP contribution is -2.62. The Morgan fingerprint density at radius 2 is 1.46 bits per heavy atom. The fourth-order valence-electron chi connectivity index (χ4n) is 2.91. The van der Waals surface area contributed by atoms with Crippen molar-refractivity contribution in [3.63, 3.8) is 0 Å². The third-order valence-electron chi connectivity index (χ3n) is 3.99. The highest BCUT2D eigenvalue weighted by Gasteiger charge is 2.51. The molecule has 0 amide bonds. The molecule has 1 fully saturated rings. The molecule has 5 unspecified atom stereocenters. The van der Waals surface area contributed by atoms with Crippen LogP contribution in [-0.4, -0.2) is 53.7 Å². The number of hydrogen-bond donors (Lipinski definition) is 1. The van der Waals surface area contributed by atoms with E-state index < -0.39 is 48.6 Å². The Bertz CT molecular complexity index is 745. The van der Waals surface area contributed by atoms with Crippen LogP contribution in [0.5, 0.6) is 11.5 Å². The van der Waals surface area contributed by atoms with E-state index in [-0.39, 0.29) is 11.5 Å². The predicted octanol–water partition coefficient (Wildman–Crippen LogP) is 1.62. The summed E-state index contributed by atoms with van der Waals surface area (Å²) in [6.45, 7) is 6.95. The zero-order chi connectivity index (χ0) is 21.0. The molecule has 1 aromatic carbocycles. The number of phenolic OH excluding ortho intramolecular Hbond substituents is 1. The van der Waals surface area contributed by atoms with Gasteiger partial charge in [0.2, 0.25) is 12.4 Å². The Morgan fingerprint density at radius 3 is 2.04 bits per heavy atom. The Balaban J connectivity index is 2.39. The Morgan fingerprint density at radius 1 is 0.929 bits per heavy atom. The zero-order valence-electron chi connectivity index (χ0n) is 16.3. The van der Waals surface area contributed by atoms with Gasteiger partial charge in [-0.05, 0) is 31.5 Å². The molecule has 0 bridgehead atoms. The molecule has 1 saturated heterocycles. The normalized spacial score (nSPS) is 26.8. The van der Waals surface area contributed by atoms with E-state index in [4.69, 9.17) is 23.7 Å². The smallest absolute Gasteiger partial charge is 0.303 e. The molecule has 0 aromatic heterocycles. The lowest BCUT2D eigenvalue weighted by Gasteiger charge is -2.43. The van der Waals surface area contributed by atoms with E-state index in [9.17, 15) is 19.5 Å². The van der Waals surface area contributed by atoms with Gasteiger partial charge in [-0.1, -0.05) is 6.07 Å². The van der Waals surface area contributed by atoms with E-state index in [1.165, 1.54) is 26.8 Å². The second kappa shape index (κ2) is 8.92. The van der Waals surface area contributed by atoms with Gasteiger partial charge in [0.05, 0.1) is 6.10 Å². The molecule has 1 aliphatic rings. The lowest BCUT2D eigenvalue weighted by atomic mass is 9.99. The van der Waals surface area contributed by atoms with Crippen LogP contribution in [0.3, 0.4) is 0 Å². The van der Waals surface area contributed by atoms with Crippen LogP contribution in [0.4, 0.5) is 0 Å². The average Bonchev–Trinajstić information content (AvgIpc) is 2.56. The molecule has 9 heteroatoms. The molecule has 0 radical (unpaired) electrons. The monoisotopic (exact) mass is 396 g/mol. The summed E-state index contributed by atoms with van der Waals surface area (Å²) in [5.41, 5.74) is 0.815. The highest BCUT2D eigenvalue weighted by Crippen LogP contribution is 2.33. The minimum Gasteiger partial charge on any atom is -0.504 e. The van der Waals surface area contributed by atoms with Gasteiger partial charge >= 0.3 is 17.9 Å². The topological polar surface area (TPSA) is 118 Å². The molecule has 1 heterocycles. The van der Waals surface area contributed by atoms with Crippen molar-refractivity contribution in [1.82, 2.24) is 0 Å². The van der Waals surface area contributed by atoms with Crippen LogP contribution in [0.1, 0.15) is 33.3 Å². The first-order valence-corrected chi connectivity index (χ1v) is 8.72. The standard InChI is InChI=1S/C19H24O9/c1-9-6-7-14(23)15(8-9)28-19-18(27-13(5)22)17(26-12(4)21)16(10(2)24-19)25-11(3)20/h6-8,10,16-19,23H,1-5H3. The molecular formula is C19H24O9. The number of aromatic hydroxyl groups is 1. The van der Waals surface area contributed by atoms with Gasteiger partial charge in [-0.15, -0.1) is 0 Å². The molecule has 28 heavy (non-hydrogen) atoms. The highest BCUT2D eigenvalue weighted by molar-refractivity contribution is 5.68. The SMILES string of the molecule is CC(=O)OC1C(C)OC(Oc2cc(C)ccc2O)C(OC(C)=O)C1OC(C)=O. The summed E-state index contributed by atoms with van der Waals surface area (Å²) in [5.74, 6) is -2.00. The maximum atomic E-state index is 11.6. The van der Waals surface area contributed by atoms with Crippen molar-refractivity contribution in [3.8, 4) is 11.5 Å². The quantitative estimate of drug-likeness (QED) is 0.585. The van der Waals surface area contributed by atoms with E-state index in [1.807, 2.05) is 0 Å². The second-order valence-corrected chi connectivity index (χ2v) is 6.52. The van der Waals surface area contributed by atoms with Gasteiger partial charge in [0.25, 0.3) is 0 Å². The van der Waals surface area contributed by atoms with Crippen LogP contribution in [0.15, 0.2) is 18.2 Å². The van der Waals surface area contributed by atoms with E-state index in [2.05, 4.69) is 0 Å². The average molecular weight is 396 g/mol. The number of esters is 3. The van der Waals surface area contributed by atoms with Crippen LogP contribution in [0, 0.1) is 6.92 Å². The summed E-state index contributed by atoms with van der Waals surface area (Å²) in [6, 6.07) is 4.71. The Hall–Kier alpha value is -2.81. The molecule has 0 spiro atoms. The molecule has 1 aromatic rings. The first-order valence-electron chi connectivity index (χ1n) is 8.72. The van der Waals surface area contributed by atoms with Gasteiger partial charge in [-0.25, -0.2) is 0 Å². The maximum absolute atomic E-state index is 11.6. The molecule has 5 atom stereocenters. The van der Waals surface area contributed by atoms with E-state index in [0.29, 0.717) is 0 Å². The van der Waals surface area contributed by atoms with Gasteiger partial charge in [0, 0.05) is 20.8 Å². The van der Waals surface area contributed by atoms with Crippen LogP contribution >= 0.6 is 0 Å². The molecule has 9 nitrogen and oxygen atoms in total. The minimum atomic E-state index is -1.23. The van der Waals surface area contributed by atoms with Crippen molar-refractivity contribution in [2.24, 2.45) is 0 Å². The first kappa shape index (κ1) is 21.5. The van der Waals surface area contributed by atoms with Crippen LogP contribution in [0.2, 0.25) is 0 Å². The van der Waals surface area contributed by atoms with Crippen LogP contribution in [-0.2, 0) is 33.3 Å². The number of ether oxygens (including phenoxy) is 5. The van der Waals surface area contributed by atoms with Crippen molar-refractivity contribution >= 4 is 17.9 Å². The van der Waals surface area contributed by atoms with Crippen LogP contribution < -0.4 is 4.74 Å². The first-order chi connectivity index (χ1) is 13.1. The lowest BCUT2D eigenvalue weighted by molar-refractivity contribution is -0.280. The summed E-state index contributed by atoms with van der Waals surface area (Å²) >= 11 is 0. The third-order valence-corrected chi connectivity index (χ3v) is 3.99. The molecular weight excluding hydrogens is 372 g/mol. The van der Waals surface area contributed by atoms with Gasteiger partial charge in [-0.3, -0.25) is 14.4 Å². The predicted molar refractivity (Wildman–Crippen MR) is 94.5 cm³/mol. The van der Waals surface area contributed by atoms with Gasteiger partial charge in [-0.2, -0.15) is 0 Å². The van der Waals surface area contributed by atoms with Crippen molar-refractivity contribution in [2.45, 2.75) is 65.3 Å². The largest absolute Gasteiger partial charge is 0.504 e. The van der Waals surface area contributed by atoms with Crippen molar-refractivity contribution in [1.29, 1.82) is 0 Å². The van der Waals surface area contributed by atoms with Gasteiger partial charge in [0.15, 0.2) is 23.7 Å². The minimum absolute atomic E-state index is 0.0989. The van der Waals surface area contributed by atoms with Crippen LogP contribution in [0.25, 0.3) is 0 Å². The molecule has 2 rings (SSSR count). The van der Waals surface area contributed by atoms with E-state index >= 15 is 0 Å². The van der Waals surface area contributed by atoms with Crippen molar-refractivity contribution in [3.05, 3.63) is 23.8 Å². The molecule has 1 N–H and O–H groups in total. The Kier molecular flexibility index (Phi) is 6.85. The fourth-order valence-corrected chi connectivity index (χ4v) is 2.91. The number of benzene rings is 1. The second-order valence-electron chi connectivity index (χ2n) is 6.52. The van der Waals surface area contributed by atoms with Crippen molar-refractivity contribution < 1.29 is 43.2 Å². The number of rotatable bonds is 5. The Labute approximate surface area is 162 Å².